The van der Waals surface area contributed by atoms with E-state index in [1.54, 1.807) is 0 Å². The molecule has 0 aliphatic heterocycles. The normalized spacial score (nSPS) is 11.6. The third-order valence-corrected chi connectivity index (χ3v) is 2.11. The number of esters is 2. The van der Waals surface area contributed by atoms with Crippen molar-refractivity contribution in [3.63, 3.8) is 0 Å². The van der Waals surface area contributed by atoms with Crippen molar-refractivity contribution in [1.29, 1.82) is 0 Å². The smallest absolute Gasteiger partial charge is 0.331 e. The van der Waals surface area contributed by atoms with Gasteiger partial charge in [0, 0.05) is 12.2 Å². The van der Waals surface area contributed by atoms with E-state index in [4.69, 9.17) is 0 Å². The molecule has 0 saturated heterocycles. The van der Waals surface area contributed by atoms with Crippen molar-refractivity contribution in [1.82, 2.24) is 5.32 Å². The van der Waals surface area contributed by atoms with E-state index in [1.165, 1.54) is 13.8 Å². The Balaban J connectivity index is 4.19. The Labute approximate surface area is 115 Å². The van der Waals surface area contributed by atoms with Gasteiger partial charge in [-0.2, -0.15) is 0 Å². The summed E-state index contributed by atoms with van der Waals surface area (Å²) < 4.78 is 8.67. The molecule has 0 saturated carbocycles. The molecule has 0 aromatic rings. The van der Waals surface area contributed by atoms with E-state index in [9.17, 15) is 24.0 Å². The molecular weight excluding hydrogens is 270 g/mol. The number of Topliss-reactive ketones (excluding diaryl/α,β-unsaturated/α-hetero) is 2. The van der Waals surface area contributed by atoms with Crippen LogP contribution in [0.4, 0.5) is 0 Å². The summed E-state index contributed by atoms with van der Waals surface area (Å²) in [6.45, 7) is 1.88. The largest absolute Gasteiger partial charge is 0.466 e. The van der Waals surface area contributed by atoms with Crippen molar-refractivity contribution >= 4 is 29.4 Å². The number of hydrogen-bond acceptors (Lipinski definition) is 7. The average molecular weight is 285 g/mol. The molecule has 0 aromatic heterocycles. The van der Waals surface area contributed by atoms with Gasteiger partial charge in [0.1, 0.15) is 0 Å². The first-order valence-corrected chi connectivity index (χ1v) is 5.54. The SMILES string of the molecule is COC(=O)/C=C/C(=O)OCC(=O)C(=O)N[C@@H](C)C(C)=O. The fourth-order valence-electron chi connectivity index (χ4n) is 0.833. The molecule has 0 unspecified atom stereocenters. The third kappa shape index (κ3) is 7.04. The van der Waals surface area contributed by atoms with E-state index < -0.39 is 36.3 Å². The van der Waals surface area contributed by atoms with Gasteiger partial charge < -0.3 is 14.8 Å². The van der Waals surface area contributed by atoms with Crippen LogP contribution >= 0.6 is 0 Å². The van der Waals surface area contributed by atoms with Crippen LogP contribution in [0, 0.1) is 0 Å². The molecule has 0 aliphatic rings. The number of rotatable bonds is 7. The first-order chi connectivity index (χ1) is 9.27. The molecule has 0 heterocycles. The van der Waals surface area contributed by atoms with Gasteiger partial charge in [-0.05, 0) is 13.8 Å². The minimum Gasteiger partial charge on any atom is -0.466 e. The molecule has 1 N–H and O–H groups in total. The summed E-state index contributed by atoms with van der Waals surface area (Å²) in [5.41, 5.74) is 0. The van der Waals surface area contributed by atoms with Gasteiger partial charge in [0.05, 0.1) is 13.2 Å². The maximum atomic E-state index is 11.3. The highest BCUT2D eigenvalue weighted by molar-refractivity contribution is 6.37. The molecule has 0 aromatic carbocycles. The van der Waals surface area contributed by atoms with Crippen LogP contribution in [0.3, 0.4) is 0 Å². The number of hydrogen-bond donors (Lipinski definition) is 1. The Bertz CT molecular complexity index is 453. The Hall–Kier alpha value is -2.51. The number of carbonyl (C=O) groups is 5. The second-order valence-electron chi connectivity index (χ2n) is 3.69. The van der Waals surface area contributed by atoms with E-state index >= 15 is 0 Å². The molecule has 8 heteroatoms. The summed E-state index contributed by atoms with van der Waals surface area (Å²) >= 11 is 0. The van der Waals surface area contributed by atoms with Crippen LogP contribution in [0.25, 0.3) is 0 Å². The molecule has 0 spiro atoms. The van der Waals surface area contributed by atoms with Crippen molar-refractivity contribution < 1.29 is 33.4 Å². The quantitative estimate of drug-likeness (QED) is 0.359. The van der Waals surface area contributed by atoms with E-state index in [2.05, 4.69) is 14.8 Å². The highest BCUT2D eigenvalue weighted by Crippen LogP contribution is 1.88. The topological polar surface area (TPSA) is 116 Å². The lowest BCUT2D eigenvalue weighted by Gasteiger charge is -2.09. The molecule has 8 nitrogen and oxygen atoms in total. The fraction of sp³-hybridized carbons (Fsp3) is 0.417. The summed E-state index contributed by atoms with van der Waals surface area (Å²) in [6.07, 6.45) is 1.57. The number of ether oxygens (including phenoxy) is 2. The summed E-state index contributed by atoms with van der Waals surface area (Å²) in [6, 6.07) is -0.804. The van der Waals surface area contributed by atoms with Gasteiger partial charge in [0.2, 0.25) is 0 Å². The summed E-state index contributed by atoms with van der Waals surface area (Å²) in [7, 11) is 1.13. The van der Waals surface area contributed by atoms with E-state index in [-0.39, 0.29) is 5.78 Å². The van der Waals surface area contributed by atoms with Crippen LogP contribution < -0.4 is 5.32 Å². The Morgan fingerprint density at radius 2 is 1.65 bits per heavy atom. The lowest BCUT2D eigenvalue weighted by Crippen LogP contribution is -2.42. The first-order valence-electron chi connectivity index (χ1n) is 5.54. The molecule has 110 valence electrons. The zero-order valence-electron chi connectivity index (χ0n) is 11.3. The molecule has 0 radical (unpaired) electrons. The summed E-state index contributed by atoms with van der Waals surface area (Å²) in [5, 5.41) is 2.14. The van der Waals surface area contributed by atoms with Gasteiger partial charge in [-0.1, -0.05) is 0 Å². The Morgan fingerprint density at radius 3 is 2.15 bits per heavy atom. The van der Waals surface area contributed by atoms with Gasteiger partial charge in [0.25, 0.3) is 11.7 Å². The van der Waals surface area contributed by atoms with Crippen LogP contribution in [0.15, 0.2) is 12.2 Å². The van der Waals surface area contributed by atoms with Gasteiger partial charge in [-0.15, -0.1) is 0 Å². The maximum absolute atomic E-state index is 11.3. The number of nitrogens with one attached hydrogen (secondary N) is 1. The van der Waals surface area contributed by atoms with E-state index in [0.29, 0.717) is 0 Å². The molecule has 0 aliphatic carbocycles. The van der Waals surface area contributed by atoms with E-state index in [0.717, 1.165) is 19.3 Å². The minimum atomic E-state index is -1.03. The third-order valence-electron chi connectivity index (χ3n) is 2.11. The lowest BCUT2D eigenvalue weighted by molar-refractivity contribution is -0.148. The maximum Gasteiger partial charge on any atom is 0.331 e. The molecule has 1 atom stereocenters. The first kappa shape index (κ1) is 17.5. The molecule has 20 heavy (non-hydrogen) atoms. The summed E-state index contributed by atoms with van der Waals surface area (Å²) in [4.78, 5) is 55.2. The zero-order chi connectivity index (χ0) is 15.7. The van der Waals surface area contributed by atoms with Crippen LogP contribution in [0.1, 0.15) is 13.8 Å². The number of carbonyl (C=O) groups excluding carboxylic acids is 5. The van der Waals surface area contributed by atoms with Crippen LogP contribution in [0.2, 0.25) is 0 Å². The Morgan fingerprint density at radius 1 is 1.10 bits per heavy atom. The van der Waals surface area contributed by atoms with Crippen LogP contribution in [0.5, 0.6) is 0 Å². The zero-order valence-corrected chi connectivity index (χ0v) is 11.3. The highest BCUT2D eigenvalue weighted by atomic mass is 16.5. The monoisotopic (exact) mass is 285 g/mol. The highest BCUT2D eigenvalue weighted by Gasteiger charge is 2.19. The molecule has 0 fully saturated rings. The van der Waals surface area contributed by atoms with Crippen molar-refractivity contribution in [2.45, 2.75) is 19.9 Å². The van der Waals surface area contributed by atoms with Gasteiger partial charge in [0.15, 0.2) is 12.4 Å². The van der Waals surface area contributed by atoms with Crippen molar-refractivity contribution in [2.75, 3.05) is 13.7 Å². The fourth-order valence-corrected chi connectivity index (χ4v) is 0.833. The van der Waals surface area contributed by atoms with E-state index in [1.807, 2.05) is 0 Å². The van der Waals surface area contributed by atoms with Crippen molar-refractivity contribution in [3.05, 3.63) is 12.2 Å². The second-order valence-corrected chi connectivity index (χ2v) is 3.69. The number of methoxy groups -OCH3 is 1. The van der Waals surface area contributed by atoms with Gasteiger partial charge in [-0.25, -0.2) is 9.59 Å². The van der Waals surface area contributed by atoms with Crippen molar-refractivity contribution in [2.24, 2.45) is 0 Å². The molecule has 0 rings (SSSR count). The van der Waals surface area contributed by atoms with Crippen molar-refractivity contribution in [3.8, 4) is 0 Å². The Kier molecular flexibility index (Phi) is 7.49. The number of amides is 1. The minimum absolute atomic E-state index is 0.316. The van der Waals surface area contributed by atoms with Gasteiger partial charge in [-0.3, -0.25) is 14.4 Å². The average Bonchev–Trinajstić information content (AvgIpc) is 2.41. The van der Waals surface area contributed by atoms with Gasteiger partial charge >= 0.3 is 11.9 Å². The summed E-state index contributed by atoms with van der Waals surface area (Å²) in [5.74, 6) is -4.10. The standard InChI is InChI=1S/C12H15NO7/c1-7(8(2)14)13-12(18)9(15)6-20-11(17)5-4-10(16)19-3/h4-5,7H,6H2,1-3H3,(H,13,18)/b5-4+/t7-/m0/s1. The second kappa shape index (κ2) is 8.57. The molecular formula is C12H15NO7. The predicted molar refractivity (Wildman–Crippen MR) is 65.4 cm³/mol. The van der Waals surface area contributed by atoms with Crippen LogP contribution in [-0.4, -0.2) is 49.2 Å². The lowest BCUT2D eigenvalue weighted by atomic mass is 10.2. The molecule has 1 amide bonds. The van der Waals surface area contributed by atoms with Crippen LogP contribution in [-0.2, 0) is 33.4 Å². The number of ketones is 2. The molecule has 0 bridgehead atoms. The predicted octanol–water partition coefficient (Wildman–Crippen LogP) is -1.08.